The lowest BCUT2D eigenvalue weighted by molar-refractivity contribution is -0.117. The van der Waals surface area contributed by atoms with E-state index in [-0.39, 0.29) is 11.8 Å². The van der Waals surface area contributed by atoms with E-state index in [0.29, 0.717) is 13.0 Å². The Balaban J connectivity index is 1.92. The van der Waals surface area contributed by atoms with Crippen molar-refractivity contribution in [3.8, 4) is 0 Å². The molecular weight excluding hydrogens is 246 g/mol. The second-order valence-electron chi connectivity index (χ2n) is 4.86. The van der Waals surface area contributed by atoms with Gasteiger partial charge in [0.25, 0.3) is 0 Å². The molecule has 1 aliphatic carbocycles. The predicted octanol–water partition coefficient (Wildman–Crippen LogP) is 2.34. The van der Waals surface area contributed by atoms with Gasteiger partial charge < -0.3 is 11.1 Å². The number of thiazole rings is 1. The third kappa shape index (κ3) is 3.29. The fraction of sp³-hybridized carbons (Fsp3) is 0.692. The molecule has 1 aromatic rings. The van der Waals surface area contributed by atoms with E-state index in [9.17, 15) is 4.79 Å². The third-order valence-electron chi connectivity index (χ3n) is 3.48. The van der Waals surface area contributed by atoms with Crippen LogP contribution in [0.1, 0.15) is 43.2 Å². The van der Waals surface area contributed by atoms with Crippen LogP contribution in [0.4, 0.5) is 5.13 Å². The Kier molecular flexibility index (Phi) is 4.72. The minimum atomic E-state index is 0.0402. The average molecular weight is 267 g/mol. The zero-order valence-electron chi connectivity index (χ0n) is 10.9. The molecule has 0 bridgehead atoms. The van der Waals surface area contributed by atoms with Crippen molar-refractivity contribution in [2.45, 2.75) is 45.4 Å². The van der Waals surface area contributed by atoms with Crippen LogP contribution in [0.25, 0.3) is 0 Å². The molecule has 0 aromatic carbocycles. The number of aryl methyl sites for hydroxylation is 2. The second-order valence-corrected chi connectivity index (χ2v) is 5.94. The van der Waals surface area contributed by atoms with E-state index in [1.807, 2.05) is 0 Å². The first kappa shape index (κ1) is 13.5. The van der Waals surface area contributed by atoms with E-state index in [1.54, 1.807) is 11.3 Å². The van der Waals surface area contributed by atoms with Crippen molar-refractivity contribution in [1.29, 1.82) is 0 Å². The number of nitrogens with one attached hydrogen (secondary N) is 1. The van der Waals surface area contributed by atoms with Crippen LogP contribution in [-0.2, 0) is 17.6 Å². The largest absolute Gasteiger partial charge is 0.330 e. The Morgan fingerprint density at radius 2 is 2.28 bits per heavy atom. The predicted molar refractivity (Wildman–Crippen MR) is 74.8 cm³/mol. The summed E-state index contributed by atoms with van der Waals surface area (Å²) in [5.74, 6) is 0.318. The molecule has 1 unspecified atom stereocenters. The second kappa shape index (κ2) is 6.29. The number of aromatic nitrogens is 1. The first-order chi connectivity index (χ1) is 8.72. The average Bonchev–Trinajstić information content (AvgIpc) is 2.77. The Bertz CT molecular complexity index is 389. The highest BCUT2D eigenvalue weighted by molar-refractivity contribution is 7.15. The number of anilines is 1. The fourth-order valence-corrected chi connectivity index (χ4v) is 3.30. The van der Waals surface area contributed by atoms with Crippen molar-refractivity contribution in [2.75, 3.05) is 11.9 Å². The van der Waals surface area contributed by atoms with Crippen molar-refractivity contribution in [3.05, 3.63) is 10.6 Å². The quantitative estimate of drug-likeness (QED) is 0.860. The molecule has 18 heavy (non-hydrogen) atoms. The molecule has 0 fully saturated rings. The van der Waals surface area contributed by atoms with Crippen molar-refractivity contribution in [3.63, 3.8) is 0 Å². The van der Waals surface area contributed by atoms with Crippen LogP contribution < -0.4 is 11.1 Å². The molecule has 4 nitrogen and oxygen atoms in total. The van der Waals surface area contributed by atoms with Gasteiger partial charge in [-0.25, -0.2) is 4.98 Å². The Hall–Kier alpha value is -0.940. The van der Waals surface area contributed by atoms with Gasteiger partial charge in [0, 0.05) is 11.3 Å². The number of carbonyl (C=O) groups is 1. The van der Waals surface area contributed by atoms with Crippen LogP contribution >= 0.6 is 11.3 Å². The van der Waals surface area contributed by atoms with Crippen LogP contribution in [-0.4, -0.2) is 17.4 Å². The molecule has 0 saturated carbocycles. The summed E-state index contributed by atoms with van der Waals surface area (Å²) in [6, 6.07) is 0. The maximum Gasteiger partial charge on any atom is 0.226 e. The van der Waals surface area contributed by atoms with Crippen LogP contribution in [0.5, 0.6) is 0 Å². The zero-order chi connectivity index (χ0) is 13.0. The van der Waals surface area contributed by atoms with Gasteiger partial charge in [-0.05, 0) is 38.1 Å². The summed E-state index contributed by atoms with van der Waals surface area (Å²) < 4.78 is 0. The Morgan fingerprint density at radius 3 is 2.94 bits per heavy atom. The van der Waals surface area contributed by atoms with E-state index < -0.39 is 0 Å². The van der Waals surface area contributed by atoms with Crippen molar-refractivity contribution >= 4 is 22.4 Å². The van der Waals surface area contributed by atoms with Gasteiger partial charge in [0.1, 0.15) is 0 Å². The first-order valence-corrected chi connectivity index (χ1v) is 7.53. The summed E-state index contributed by atoms with van der Waals surface area (Å²) in [6.07, 6.45) is 6.07. The first-order valence-electron chi connectivity index (χ1n) is 6.71. The molecule has 3 N–H and O–H groups in total. The van der Waals surface area contributed by atoms with Crippen molar-refractivity contribution in [1.82, 2.24) is 4.98 Å². The van der Waals surface area contributed by atoms with E-state index in [2.05, 4.69) is 17.2 Å². The van der Waals surface area contributed by atoms with Gasteiger partial charge >= 0.3 is 0 Å². The van der Waals surface area contributed by atoms with E-state index in [4.69, 9.17) is 5.73 Å². The van der Waals surface area contributed by atoms with Gasteiger partial charge in [-0.3, -0.25) is 4.79 Å². The number of nitrogens with two attached hydrogens (primary N) is 1. The van der Waals surface area contributed by atoms with Gasteiger partial charge in [-0.2, -0.15) is 0 Å². The number of fused-ring (bicyclic) bond motifs is 1. The highest BCUT2D eigenvalue weighted by atomic mass is 32.1. The smallest absolute Gasteiger partial charge is 0.226 e. The molecule has 1 aliphatic rings. The Morgan fingerprint density at radius 1 is 1.50 bits per heavy atom. The molecule has 2 rings (SSSR count). The van der Waals surface area contributed by atoms with Gasteiger partial charge in [-0.15, -0.1) is 11.3 Å². The van der Waals surface area contributed by atoms with Gasteiger partial charge in [-0.1, -0.05) is 13.3 Å². The highest BCUT2D eigenvalue weighted by Crippen LogP contribution is 2.29. The Labute approximate surface area is 112 Å². The molecule has 5 heteroatoms. The third-order valence-corrected chi connectivity index (χ3v) is 4.55. The lowest BCUT2D eigenvalue weighted by Crippen LogP contribution is -2.21. The highest BCUT2D eigenvalue weighted by Gasteiger charge is 2.17. The minimum absolute atomic E-state index is 0.0402. The molecule has 1 atom stereocenters. The fourth-order valence-electron chi connectivity index (χ4n) is 2.23. The minimum Gasteiger partial charge on any atom is -0.330 e. The van der Waals surface area contributed by atoms with Crippen molar-refractivity contribution < 1.29 is 4.79 Å². The van der Waals surface area contributed by atoms with E-state index >= 15 is 0 Å². The van der Waals surface area contributed by atoms with Crippen LogP contribution in [0.15, 0.2) is 0 Å². The molecule has 0 aliphatic heterocycles. The molecule has 100 valence electrons. The molecular formula is C13H21N3OS. The maximum atomic E-state index is 11.9. The van der Waals surface area contributed by atoms with Crippen molar-refractivity contribution in [2.24, 2.45) is 11.7 Å². The number of nitrogens with zero attached hydrogens (tertiary/aromatic N) is 1. The standard InChI is InChI=1S/C13H21N3OS/c1-2-9(8-14)7-12(17)16-13-15-10-5-3-4-6-11(10)18-13/h9H,2-8,14H2,1H3,(H,15,16,17). The monoisotopic (exact) mass is 267 g/mol. The normalized spacial score (nSPS) is 16.1. The molecule has 0 spiro atoms. The number of rotatable bonds is 5. The van der Waals surface area contributed by atoms with E-state index in [0.717, 1.165) is 24.4 Å². The van der Waals surface area contributed by atoms with Crippen LogP contribution in [0.3, 0.4) is 0 Å². The summed E-state index contributed by atoms with van der Waals surface area (Å²) >= 11 is 1.63. The summed E-state index contributed by atoms with van der Waals surface area (Å²) in [7, 11) is 0. The van der Waals surface area contributed by atoms with Crippen LogP contribution in [0.2, 0.25) is 0 Å². The molecule has 1 amide bonds. The number of hydrogen-bond acceptors (Lipinski definition) is 4. The summed E-state index contributed by atoms with van der Waals surface area (Å²) in [5.41, 5.74) is 6.80. The molecule has 1 heterocycles. The lowest BCUT2D eigenvalue weighted by atomic mass is 10.0. The summed E-state index contributed by atoms with van der Waals surface area (Å²) in [4.78, 5) is 17.7. The van der Waals surface area contributed by atoms with Gasteiger partial charge in [0.2, 0.25) is 5.91 Å². The number of hydrogen-bond donors (Lipinski definition) is 2. The SMILES string of the molecule is CCC(CN)CC(=O)Nc1nc2c(s1)CCCC2. The van der Waals surface area contributed by atoms with E-state index in [1.165, 1.54) is 23.4 Å². The number of amides is 1. The van der Waals surface area contributed by atoms with Gasteiger partial charge in [0.05, 0.1) is 5.69 Å². The zero-order valence-corrected chi connectivity index (χ0v) is 11.7. The topological polar surface area (TPSA) is 68.0 Å². The molecule has 0 radical (unpaired) electrons. The summed E-state index contributed by atoms with van der Waals surface area (Å²) in [5, 5.41) is 3.67. The summed E-state index contributed by atoms with van der Waals surface area (Å²) in [6.45, 7) is 2.63. The van der Waals surface area contributed by atoms with Gasteiger partial charge in [0.15, 0.2) is 5.13 Å². The lowest BCUT2D eigenvalue weighted by Gasteiger charge is -2.10. The number of carbonyl (C=O) groups excluding carboxylic acids is 1. The van der Waals surface area contributed by atoms with Crippen LogP contribution in [0, 0.1) is 5.92 Å². The molecule has 1 aromatic heterocycles. The maximum absolute atomic E-state index is 11.9. The molecule has 0 saturated heterocycles.